The minimum atomic E-state index is -0.207. The van der Waals surface area contributed by atoms with E-state index in [9.17, 15) is 9.59 Å². The van der Waals surface area contributed by atoms with Crippen LogP contribution in [0.4, 0.5) is 0 Å². The number of methoxy groups -OCH3 is 2. The van der Waals surface area contributed by atoms with Crippen LogP contribution in [0.25, 0.3) is 0 Å². The summed E-state index contributed by atoms with van der Waals surface area (Å²) in [7, 11) is 3.00. The molecule has 0 spiro atoms. The standard InChI is InChI=1S/C15H20O4S/c1-10(15(17)19-4)8-20-9-13-7-12(11(2)16)5-6-14(13)18-3/h5-7,10H,8-9H2,1-4H3. The summed E-state index contributed by atoms with van der Waals surface area (Å²) in [6, 6.07) is 5.40. The van der Waals surface area contributed by atoms with Crippen LogP contribution in [-0.4, -0.2) is 31.7 Å². The predicted molar refractivity (Wildman–Crippen MR) is 80.3 cm³/mol. The SMILES string of the molecule is COC(=O)C(C)CSCc1cc(C(C)=O)ccc1OC. The lowest BCUT2D eigenvalue weighted by molar-refractivity contribution is -0.143. The van der Waals surface area contributed by atoms with Gasteiger partial charge in [0.25, 0.3) is 0 Å². The number of ether oxygens (including phenoxy) is 2. The largest absolute Gasteiger partial charge is 0.496 e. The van der Waals surface area contributed by atoms with Crippen molar-refractivity contribution in [2.75, 3.05) is 20.0 Å². The molecule has 1 aromatic rings. The molecule has 0 fully saturated rings. The summed E-state index contributed by atoms with van der Waals surface area (Å²) in [5.41, 5.74) is 1.63. The quantitative estimate of drug-likeness (QED) is 0.572. The van der Waals surface area contributed by atoms with Crippen molar-refractivity contribution >= 4 is 23.5 Å². The normalized spacial score (nSPS) is 11.8. The maximum absolute atomic E-state index is 11.4. The molecule has 0 aromatic heterocycles. The van der Waals surface area contributed by atoms with E-state index in [0.29, 0.717) is 17.1 Å². The molecule has 0 bridgehead atoms. The number of carbonyl (C=O) groups excluding carboxylic acids is 2. The lowest BCUT2D eigenvalue weighted by Gasteiger charge is -2.11. The summed E-state index contributed by atoms with van der Waals surface area (Å²) in [4.78, 5) is 22.7. The average Bonchev–Trinajstić information content (AvgIpc) is 2.45. The van der Waals surface area contributed by atoms with Gasteiger partial charge in [0, 0.05) is 22.6 Å². The van der Waals surface area contributed by atoms with E-state index in [4.69, 9.17) is 4.74 Å². The molecule has 1 aromatic carbocycles. The first kappa shape index (κ1) is 16.6. The lowest BCUT2D eigenvalue weighted by Crippen LogP contribution is -2.14. The highest BCUT2D eigenvalue weighted by molar-refractivity contribution is 7.98. The predicted octanol–water partition coefficient (Wildman–Crippen LogP) is 2.94. The fourth-order valence-electron chi connectivity index (χ4n) is 1.73. The second kappa shape index (κ2) is 7.94. The number of hydrogen-bond acceptors (Lipinski definition) is 5. The van der Waals surface area contributed by atoms with Gasteiger partial charge in [-0.25, -0.2) is 0 Å². The van der Waals surface area contributed by atoms with E-state index in [1.54, 1.807) is 31.0 Å². The fraction of sp³-hybridized carbons (Fsp3) is 0.467. The number of Topliss-reactive ketones (excluding diaryl/α,β-unsaturated/α-hetero) is 1. The first-order chi connectivity index (χ1) is 9.49. The van der Waals surface area contributed by atoms with Crippen molar-refractivity contribution in [3.8, 4) is 5.75 Å². The van der Waals surface area contributed by atoms with Crippen molar-refractivity contribution in [1.82, 2.24) is 0 Å². The summed E-state index contributed by atoms with van der Waals surface area (Å²) in [5, 5.41) is 0. The summed E-state index contributed by atoms with van der Waals surface area (Å²) in [6.07, 6.45) is 0. The van der Waals surface area contributed by atoms with Crippen molar-refractivity contribution in [2.24, 2.45) is 5.92 Å². The molecule has 0 saturated carbocycles. The Bertz CT molecular complexity index is 485. The summed E-state index contributed by atoms with van der Waals surface area (Å²) < 4.78 is 9.98. The topological polar surface area (TPSA) is 52.6 Å². The Morgan fingerprint density at radius 3 is 2.55 bits per heavy atom. The molecule has 5 heteroatoms. The van der Waals surface area contributed by atoms with Gasteiger partial charge < -0.3 is 9.47 Å². The number of thioether (sulfide) groups is 1. The molecule has 0 aliphatic carbocycles. The Morgan fingerprint density at radius 1 is 1.30 bits per heavy atom. The van der Waals surface area contributed by atoms with E-state index < -0.39 is 0 Å². The molecule has 1 unspecified atom stereocenters. The van der Waals surface area contributed by atoms with Crippen LogP contribution in [0.3, 0.4) is 0 Å². The number of rotatable bonds is 7. The fourth-order valence-corrected chi connectivity index (χ4v) is 2.78. The van der Waals surface area contributed by atoms with Gasteiger partial charge in [0.2, 0.25) is 0 Å². The molecule has 4 nitrogen and oxygen atoms in total. The molecule has 0 radical (unpaired) electrons. The Kier molecular flexibility index (Phi) is 6.58. The van der Waals surface area contributed by atoms with Crippen LogP contribution in [0.1, 0.15) is 29.8 Å². The zero-order chi connectivity index (χ0) is 15.1. The Balaban J connectivity index is 2.68. The zero-order valence-electron chi connectivity index (χ0n) is 12.3. The maximum atomic E-state index is 11.4. The van der Waals surface area contributed by atoms with E-state index in [1.165, 1.54) is 14.0 Å². The zero-order valence-corrected chi connectivity index (χ0v) is 13.1. The first-order valence-corrected chi connectivity index (χ1v) is 7.48. The molecule has 20 heavy (non-hydrogen) atoms. The number of carbonyl (C=O) groups is 2. The second-order valence-electron chi connectivity index (χ2n) is 4.52. The van der Waals surface area contributed by atoms with Gasteiger partial charge in [-0.05, 0) is 25.1 Å². The number of hydrogen-bond donors (Lipinski definition) is 0. The summed E-state index contributed by atoms with van der Waals surface area (Å²) in [6.45, 7) is 3.38. The molecule has 1 atom stereocenters. The molecule has 0 N–H and O–H groups in total. The third-order valence-electron chi connectivity index (χ3n) is 2.92. The molecule has 110 valence electrons. The van der Waals surface area contributed by atoms with Crippen LogP contribution in [0.15, 0.2) is 18.2 Å². The highest BCUT2D eigenvalue weighted by Crippen LogP contribution is 2.26. The number of ketones is 1. The minimum absolute atomic E-state index is 0.0295. The Labute approximate surface area is 123 Å². The van der Waals surface area contributed by atoms with E-state index in [2.05, 4.69) is 4.74 Å². The van der Waals surface area contributed by atoms with Crippen LogP contribution in [-0.2, 0) is 15.3 Å². The molecular formula is C15H20O4S. The van der Waals surface area contributed by atoms with Gasteiger partial charge in [-0.1, -0.05) is 6.92 Å². The number of esters is 1. The smallest absolute Gasteiger partial charge is 0.309 e. The van der Waals surface area contributed by atoms with Gasteiger partial charge in [0.1, 0.15) is 5.75 Å². The van der Waals surface area contributed by atoms with Crippen molar-refractivity contribution in [3.63, 3.8) is 0 Å². The van der Waals surface area contributed by atoms with Gasteiger partial charge in [-0.3, -0.25) is 9.59 Å². The van der Waals surface area contributed by atoms with Crippen LogP contribution in [0, 0.1) is 5.92 Å². The molecule has 0 aliphatic rings. The van der Waals surface area contributed by atoms with Crippen LogP contribution in [0.2, 0.25) is 0 Å². The van der Waals surface area contributed by atoms with Crippen LogP contribution in [0.5, 0.6) is 5.75 Å². The highest BCUT2D eigenvalue weighted by Gasteiger charge is 2.14. The number of benzene rings is 1. The monoisotopic (exact) mass is 296 g/mol. The van der Waals surface area contributed by atoms with E-state index in [1.807, 2.05) is 13.0 Å². The van der Waals surface area contributed by atoms with Gasteiger partial charge in [0.05, 0.1) is 20.1 Å². The van der Waals surface area contributed by atoms with Crippen molar-refractivity contribution in [1.29, 1.82) is 0 Å². The van der Waals surface area contributed by atoms with Crippen molar-refractivity contribution in [3.05, 3.63) is 29.3 Å². The minimum Gasteiger partial charge on any atom is -0.496 e. The van der Waals surface area contributed by atoms with E-state index in [-0.39, 0.29) is 17.7 Å². The van der Waals surface area contributed by atoms with E-state index >= 15 is 0 Å². The molecule has 0 saturated heterocycles. The van der Waals surface area contributed by atoms with Gasteiger partial charge in [-0.2, -0.15) is 11.8 Å². The second-order valence-corrected chi connectivity index (χ2v) is 5.55. The van der Waals surface area contributed by atoms with Gasteiger partial charge in [0.15, 0.2) is 5.78 Å². The summed E-state index contributed by atoms with van der Waals surface area (Å²) >= 11 is 1.62. The van der Waals surface area contributed by atoms with Crippen LogP contribution >= 0.6 is 11.8 Å². The third kappa shape index (κ3) is 4.56. The van der Waals surface area contributed by atoms with Gasteiger partial charge in [-0.15, -0.1) is 0 Å². The molecule has 0 amide bonds. The lowest BCUT2D eigenvalue weighted by atomic mass is 10.1. The molecule has 0 aliphatic heterocycles. The third-order valence-corrected chi connectivity index (χ3v) is 4.17. The van der Waals surface area contributed by atoms with Gasteiger partial charge >= 0.3 is 5.97 Å². The molecule has 0 heterocycles. The summed E-state index contributed by atoms with van der Waals surface area (Å²) in [5.74, 6) is 1.79. The maximum Gasteiger partial charge on any atom is 0.309 e. The molecule has 1 rings (SSSR count). The van der Waals surface area contributed by atoms with Crippen molar-refractivity contribution < 1.29 is 19.1 Å². The van der Waals surface area contributed by atoms with E-state index in [0.717, 1.165) is 11.3 Å². The van der Waals surface area contributed by atoms with Crippen LogP contribution < -0.4 is 4.74 Å². The highest BCUT2D eigenvalue weighted by atomic mass is 32.2. The average molecular weight is 296 g/mol. The van der Waals surface area contributed by atoms with Crippen molar-refractivity contribution in [2.45, 2.75) is 19.6 Å². The Hall–Kier alpha value is -1.49. The first-order valence-electron chi connectivity index (χ1n) is 6.33. The Morgan fingerprint density at radius 2 is 2.00 bits per heavy atom. The molecular weight excluding hydrogens is 276 g/mol.